The van der Waals surface area contributed by atoms with Crippen LogP contribution in [-0.2, 0) is 16.4 Å². The van der Waals surface area contributed by atoms with Crippen molar-refractivity contribution in [3.8, 4) is 0 Å². The Morgan fingerprint density at radius 3 is 2.43 bits per heavy atom. The molecule has 0 amide bonds. The summed E-state index contributed by atoms with van der Waals surface area (Å²) in [6, 6.07) is 7.10. The Kier molecular flexibility index (Phi) is 3.84. The highest BCUT2D eigenvalue weighted by Crippen LogP contribution is 2.22. The minimum Gasteiger partial charge on any atom is -0.478 e. The third kappa shape index (κ3) is 2.95. The highest BCUT2D eigenvalue weighted by atomic mass is 32.2. The molecule has 0 bridgehead atoms. The molecule has 2 aromatic rings. The maximum atomic E-state index is 12.2. The Morgan fingerprint density at radius 1 is 1.24 bits per heavy atom. The summed E-state index contributed by atoms with van der Waals surface area (Å²) in [5.41, 5.74) is 0.928. The lowest BCUT2D eigenvalue weighted by Crippen LogP contribution is -2.31. The predicted molar refractivity (Wildman–Crippen MR) is 82.4 cm³/mol. The van der Waals surface area contributed by atoms with Crippen molar-refractivity contribution < 1.29 is 18.3 Å². The molecule has 0 saturated carbocycles. The number of rotatable bonds is 4. The van der Waals surface area contributed by atoms with Gasteiger partial charge in [-0.3, -0.25) is 0 Å². The molecule has 0 spiro atoms. The molecule has 0 saturated heterocycles. The average molecular weight is 309 g/mol. The monoisotopic (exact) mass is 309 g/mol. The number of aryl methyl sites for hydroxylation is 1. The maximum absolute atomic E-state index is 12.2. The van der Waals surface area contributed by atoms with E-state index in [9.17, 15) is 18.3 Å². The van der Waals surface area contributed by atoms with E-state index in [0.717, 1.165) is 5.52 Å². The minimum atomic E-state index is -3.24. The van der Waals surface area contributed by atoms with Crippen LogP contribution < -0.4 is 0 Å². The molecule has 114 valence electrons. The number of hydrogen-bond donors (Lipinski definition) is 1. The molecule has 0 fully saturated rings. The van der Waals surface area contributed by atoms with Crippen molar-refractivity contribution >= 4 is 26.7 Å². The zero-order valence-electron chi connectivity index (χ0n) is 12.3. The first-order chi connectivity index (χ1) is 9.63. The number of hydrogen-bond acceptors (Lipinski definition) is 3. The fraction of sp³-hybridized carbons (Fsp3) is 0.400. The molecular formula is C15H19NO4S. The third-order valence-corrected chi connectivity index (χ3v) is 6.14. The molecule has 21 heavy (non-hydrogen) atoms. The molecule has 1 heterocycles. The minimum absolute atomic E-state index is 0.0196. The van der Waals surface area contributed by atoms with Crippen LogP contribution in [0.15, 0.2) is 30.5 Å². The van der Waals surface area contributed by atoms with Crippen molar-refractivity contribution in [2.75, 3.05) is 5.75 Å². The number of benzene rings is 1. The molecule has 0 radical (unpaired) electrons. The number of fused-ring (bicyclic) bond motifs is 1. The van der Waals surface area contributed by atoms with E-state index in [1.165, 1.54) is 6.20 Å². The lowest BCUT2D eigenvalue weighted by Gasteiger charge is -2.19. The van der Waals surface area contributed by atoms with Crippen molar-refractivity contribution in [2.24, 2.45) is 0 Å². The molecule has 1 aromatic heterocycles. The van der Waals surface area contributed by atoms with Crippen molar-refractivity contribution in [1.29, 1.82) is 0 Å². The Hall–Kier alpha value is -1.82. The zero-order valence-corrected chi connectivity index (χ0v) is 13.1. The summed E-state index contributed by atoms with van der Waals surface area (Å²) in [7, 11) is -3.24. The summed E-state index contributed by atoms with van der Waals surface area (Å²) in [5, 5.41) is 9.85. The number of carboxylic acids is 1. The second kappa shape index (κ2) is 5.18. The summed E-state index contributed by atoms with van der Waals surface area (Å²) >= 11 is 0. The van der Waals surface area contributed by atoms with Crippen molar-refractivity contribution in [3.63, 3.8) is 0 Å². The lowest BCUT2D eigenvalue weighted by molar-refractivity contribution is 0.0699. The molecule has 0 aliphatic heterocycles. The van der Waals surface area contributed by atoms with Crippen molar-refractivity contribution in [2.45, 2.75) is 32.1 Å². The highest BCUT2D eigenvalue weighted by Gasteiger charge is 2.28. The normalized spacial score (nSPS) is 12.7. The van der Waals surface area contributed by atoms with Crippen LogP contribution in [0.5, 0.6) is 0 Å². The van der Waals surface area contributed by atoms with E-state index in [1.807, 2.05) is 6.07 Å². The van der Waals surface area contributed by atoms with E-state index in [1.54, 1.807) is 43.5 Å². The number of carbonyl (C=O) groups is 1. The van der Waals surface area contributed by atoms with Gasteiger partial charge in [-0.2, -0.15) is 0 Å². The second-order valence-corrected chi connectivity index (χ2v) is 8.85. The largest absolute Gasteiger partial charge is 0.478 e. The number of para-hydroxylation sites is 1. The van der Waals surface area contributed by atoms with E-state index >= 15 is 0 Å². The SMILES string of the molecule is CC(C)(C)S(=O)(=O)CCn1cc(C(=O)O)c2ccccc21. The van der Waals surface area contributed by atoms with Crippen molar-refractivity contribution in [1.82, 2.24) is 4.57 Å². The zero-order chi connectivity index (χ0) is 15.8. The smallest absolute Gasteiger partial charge is 0.337 e. The van der Waals surface area contributed by atoms with Gasteiger partial charge in [-0.1, -0.05) is 18.2 Å². The van der Waals surface area contributed by atoms with Gasteiger partial charge in [-0.05, 0) is 26.8 Å². The molecule has 6 heteroatoms. The van der Waals surface area contributed by atoms with Gasteiger partial charge in [0.1, 0.15) is 0 Å². The summed E-state index contributed by atoms with van der Waals surface area (Å²) in [5.74, 6) is -1.03. The molecule has 1 N–H and O–H groups in total. The molecule has 5 nitrogen and oxygen atoms in total. The van der Waals surface area contributed by atoms with Gasteiger partial charge < -0.3 is 9.67 Å². The summed E-state index contributed by atoms with van der Waals surface area (Å²) in [6.07, 6.45) is 1.51. The molecule has 2 rings (SSSR count). The lowest BCUT2D eigenvalue weighted by atomic mass is 10.2. The van der Waals surface area contributed by atoms with Crippen LogP contribution in [0.1, 0.15) is 31.1 Å². The van der Waals surface area contributed by atoms with Gasteiger partial charge in [0.05, 0.1) is 16.1 Å². The summed E-state index contributed by atoms with van der Waals surface area (Å²) in [4.78, 5) is 11.3. The standard InChI is InChI=1S/C15H19NO4S/c1-15(2,3)21(19,20)9-8-16-10-12(14(17)18)11-6-4-5-7-13(11)16/h4-7,10H,8-9H2,1-3H3,(H,17,18). The van der Waals surface area contributed by atoms with E-state index in [2.05, 4.69) is 0 Å². The van der Waals surface area contributed by atoms with Crippen LogP contribution >= 0.6 is 0 Å². The molecule has 0 unspecified atom stereocenters. The Bertz CT molecular complexity index is 782. The van der Waals surface area contributed by atoms with Crippen LogP contribution in [0, 0.1) is 0 Å². The van der Waals surface area contributed by atoms with E-state index < -0.39 is 20.6 Å². The predicted octanol–water partition coefficient (Wildman–Crippen LogP) is 2.55. The Labute approximate surface area is 124 Å². The van der Waals surface area contributed by atoms with Crippen molar-refractivity contribution in [3.05, 3.63) is 36.0 Å². The topological polar surface area (TPSA) is 76.4 Å². The number of carboxylic acid groups (broad SMARTS) is 1. The van der Waals surface area contributed by atoms with Crippen LogP contribution in [0.2, 0.25) is 0 Å². The number of aromatic carboxylic acids is 1. The maximum Gasteiger partial charge on any atom is 0.337 e. The van der Waals surface area contributed by atoms with E-state index in [4.69, 9.17) is 0 Å². The van der Waals surface area contributed by atoms with Gasteiger partial charge in [-0.15, -0.1) is 0 Å². The number of nitrogens with zero attached hydrogens (tertiary/aromatic N) is 1. The van der Waals surface area contributed by atoms with Gasteiger partial charge in [0.15, 0.2) is 9.84 Å². The average Bonchev–Trinajstić information content (AvgIpc) is 2.74. The van der Waals surface area contributed by atoms with Gasteiger partial charge in [0.2, 0.25) is 0 Å². The fourth-order valence-corrected chi connectivity index (χ4v) is 3.18. The van der Waals surface area contributed by atoms with Crippen LogP contribution in [0.4, 0.5) is 0 Å². The summed E-state index contributed by atoms with van der Waals surface area (Å²) in [6.45, 7) is 5.24. The fourth-order valence-electron chi connectivity index (χ4n) is 2.13. The Balaban J connectivity index is 2.38. The molecular weight excluding hydrogens is 290 g/mol. The first kappa shape index (κ1) is 15.6. The number of sulfone groups is 1. The van der Waals surface area contributed by atoms with Crippen LogP contribution in [0.25, 0.3) is 10.9 Å². The van der Waals surface area contributed by atoms with Crippen LogP contribution in [0.3, 0.4) is 0 Å². The first-order valence-electron chi connectivity index (χ1n) is 6.67. The molecule has 0 aliphatic rings. The van der Waals surface area contributed by atoms with Gasteiger partial charge in [0.25, 0.3) is 0 Å². The molecule has 0 aliphatic carbocycles. The third-order valence-electron chi connectivity index (χ3n) is 3.55. The first-order valence-corrected chi connectivity index (χ1v) is 8.32. The van der Waals surface area contributed by atoms with E-state index in [0.29, 0.717) is 5.39 Å². The molecule has 1 aromatic carbocycles. The van der Waals surface area contributed by atoms with E-state index in [-0.39, 0.29) is 17.9 Å². The Morgan fingerprint density at radius 2 is 1.86 bits per heavy atom. The van der Waals surface area contributed by atoms with Gasteiger partial charge >= 0.3 is 5.97 Å². The van der Waals surface area contributed by atoms with Gasteiger partial charge in [0, 0.05) is 23.6 Å². The second-order valence-electron chi connectivity index (χ2n) is 5.99. The van der Waals surface area contributed by atoms with Gasteiger partial charge in [-0.25, -0.2) is 13.2 Å². The molecule has 0 atom stereocenters. The highest BCUT2D eigenvalue weighted by molar-refractivity contribution is 7.92. The number of aromatic nitrogens is 1. The van der Waals surface area contributed by atoms with Crippen LogP contribution in [-0.4, -0.2) is 34.6 Å². The summed E-state index contributed by atoms with van der Waals surface area (Å²) < 4.78 is 25.2. The quantitative estimate of drug-likeness (QED) is 0.941.